The summed E-state index contributed by atoms with van der Waals surface area (Å²) in [5, 5.41) is 0.943. The summed E-state index contributed by atoms with van der Waals surface area (Å²) in [5.74, 6) is -0.514. The first-order chi connectivity index (χ1) is 9.52. The van der Waals surface area contributed by atoms with Crippen LogP contribution >= 0.6 is 23.2 Å². The monoisotopic (exact) mass is 318 g/mol. The summed E-state index contributed by atoms with van der Waals surface area (Å²) in [6, 6.07) is 4.91. The zero-order chi connectivity index (χ0) is 15.0. The Balaban J connectivity index is 2.24. The molecule has 1 aromatic carbocycles. The minimum atomic E-state index is -0.533. The van der Waals surface area contributed by atoms with Crippen molar-refractivity contribution in [2.24, 2.45) is 0 Å². The standard InChI is InChI=1S/C14H16Cl2O4/c1-2-4-13(17)20-14(18)5-3-8-19-12-7-6-10(15)9-11(12)16/h6-7,9H,2-5,8H2,1H3. The molecule has 6 heteroatoms. The van der Waals surface area contributed by atoms with Crippen LogP contribution in [0.15, 0.2) is 18.2 Å². The summed E-state index contributed by atoms with van der Waals surface area (Å²) in [6.07, 6.45) is 1.48. The molecule has 0 aliphatic rings. The van der Waals surface area contributed by atoms with Crippen molar-refractivity contribution in [1.82, 2.24) is 0 Å². The molecule has 0 aromatic heterocycles. The fourth-order valence-corrected chi connectivity index (χ4v) is 1.89. The molecule has 0 saturated heterocycles. The Bertz CT molecular complexity index is 474. The van der Waals surface area contributed by atoms with Crippen molar-refractivity contribution in [2.45, 2.75) is 32.6 Å². The number of rotatable bonds is 7. The molecule has 0 spiro atoms. The smallest absolute Gasteiger partial charge is 0.313 e. The van der Waals surface area contributed by atoms with Crippen LogP contribution in [0.5, 0.6) is 5.75 Å². The van der Waals surface area contributed by atoms with E-state index in [4.69, 9.17) is 27.9 Å². The van der Waals surface area contributed by atoms with Gasteiger partial charge in [-0.1, -0.05) is 30.1 Å². The lowest BCUT2D eigenvalue weighted by Crippen LogP contribution is -2.12. The van der Waals surface area contributed by atoms with Crippen molar-refractivity contribution in [1.29, 1.82) is 0 Å². The third kappa shape index (κ3) is 6.26. The van der Waals surface area contributed by atoms with Gasteiger partial charge in [0.15, 0.2) is 0 Å². The molecule has 4 nitrogen and oxygen atoms in total. The van der Waals surface area contributed by atoms with E-state index in [1.54, 1.807) is 18.2 Å². The van der Waals surface area contributed by atoms with E-state index >= 15 is 0 Å². The van der Waals surface area contributed by atoms with Gasteiger partial charge in [0.2, 0.25) is 0 Å². The van der Waals surface area contributed by atoms with Crippen LogP contribution in [0, 0.1) is 0 Å². The van der Waals surface area contributed by atoms with Gasteiger partial charge in [0.25, 0.3) is 0 Å². The van der Waals surface area contributed by atoms with Gasteiger partial charge in [-0.15, -0.1) is 0 Å². The van der Waals surface area contributed by atoms with Gasteiger partial charge >= 0.3 is 11.9 Å². The average molecular weight is 319 g/mol. The summed E-state index contributed by atoms with van der Waals surface area (Å²) < 4.78 is 10.0. The number of hydrogen-bond donors (Lipinski definition) is 0. The van der Waals surface area contributed by atoms with Gasteiger partial charge in [-0.2, -0.15) is 0 Å². The molecule has 0 saturated carbocycles. The predicted molar refractivity (Wildman–Crippen MR) is 77.2 cm³/mol. The Labute approximate surface area is 128 Å². The van der Waals surface area contributed by atoms with Crippen LogP contribution in [0.1, 0.15) is 32.6 Å². The summed E-state index contributed by atoms with van der Waals surface area (Å²) in [7, 11) is 0. The van der Waals surface area contributed by atoms with Crippen LogP contribution in [-0.2, 0) is 14.3 Å². The highest BCUT2D eigenvalue weighted by Gasteiger charge is 2.09. The van der Waals surface area contributed by atoms with Crippen LogP contribution in [0.4, 0.5) is 0 Å². The van der Waals surface area contributed by atoms with Crippen molar-refractivity contribution in [2.75, 3.05) is 6.61 Å². The van der Waals surface area contributed by atoms with Crippen molar-refractivity contribution < 1.29 is 19.1 Å². The highest BCUT2D eigenvalue weighted by atomic mass is 35.5. The predicted octanol–water partition coefficient (Wildman–Crippen LogP) is 4.02. The second-order valence-corrected chi connectivity index (χ2v) is 4.97. The lowest BCUT2D eigenvalue weighted by molar-refractivity contribution is -0.159. The van der Waals surface area contributed by atoms with Crippen molar-refractivity contribution in [3.8, 4) is 5.75 Å². The third-order valence-corrected chi connectivity index (χ3v) is 2.89. The largest absolute Gasteiger partial charge is 0.492 e. The summed E-state index contributed by atoms with van der Waals surface area (Å²) in [5.41, 5.74) is 0. The van der Waals surface area contributed by atoms with Crippen molar-refractivity contribution >= 4 is 35.1 Å². The molecule has 0 fully saturated rings. The van der Waals surface area contributed by atoms with Crippen molar-refractivity contribution in [3.63, 3.8) is 0 Å². The summed E-state index contributed by atoms with van der Waals surface area (Å²) in [4.78, 5) is 22.4. The van der Waals surface area contributed by atoms with Gasteiger partial charge in [0.05, 0.1) is 11.6 Å². The number of hydrogen-bond acceptors (Lipinski definition) is 4. The van der Waals surface area contributed by atoms with Gasteiger partial charge in [0.1, 0.15) is 5.75 Å². The van der Waals surface area contributed by atoms with E-state index in [-0.39, 0.29) is 12.8 Å². The number of benzene rings is 1. The van der Waals surface area contributed by atoms with Gasteiger partial charge in [-0.3, -0.25) is 9.59 Å². The first-order valence-electron chi connectivity index (χ1n) is 6.34. The molecule has 0 radical (unpaired) electrons. The quantitative estimate of drug-likeness (QED) is 0.433. The zero-order valence-corrected chi connectivity index (χ0v) is 12.7. The normalized spacial score (nSPS) is 10.2. The minimum absolute atomic E-state index is 0.126. The van der Waals surface area contributed by atoms with Crippen LogP contribution in [0.3, 0.4) is 0 Å². The molecule has 110 valence electrons. The van der Waals surface area contributed by atoms with Crippen molar-refractivity contribution in [3.05, 3.63) is 28.2 Å². The van der Waals surface area contributed by atoms with E-state index < -0.39 is 11.9 Å². The fourth-order valence-electron chi connectivity index (χ4n) is 1.42. The molecule has 1 aromatic rings. The topological polar surface area (TPSA) is 52.6 Å². The number of esters is 2. The second-order valence-electron chi connectivity index (χ2n) is 4.12. The van der Waals surface area contributed by atoms with Crippen LogP contribution in [0.2, 0.25) is 10.0 Å². The molecule has 20 heavy (non-hydrogen) atoms. The number of halogens is 2. The molecule has 0 bridgehead atoms. The maximum Gasteiger partial charge on any atom is 0.313 e. The third-order valence-electron chi connectivity index (χ3n) is 2.36. The molecule has 0 unspecified atom stereocenters. The number of carbonyl (C=O) groups excluding carboxylic acids is 2. The van der Waals surface area contributed by atoms with E-state index in [1.165, 1.54) is 0 Å². The Morgan fingerprint density at radius 1 is 1.15 bits per heavy atom. The fraction of sp³-hybridized carbons (Fsp3) is 0.429. The SMILES string of the molecule is CCCC(=O)OC(=O)CCCOc1ccc(Cl)cc1Cl. The summed E-state index contributed by atoms with van der Waals surface area (Å²) in [6.45, 7) is 2.15. The molecular formula is C14H16Cl2O4. The van der Waals surface area contributed by atoms with E-state index in [0.29, 0.717) is 35.2 Å². The highest BCUT2D eigenvalue weighted by Crippen LogP contribution is 2.27. The molecule has 0 N–H and O–H groups in total. The minimum Gasteiger partial charge on any atom is -0.492 e. The molecule has 0 heterocycles. The first-order valence-corrected chi connectivity index (χ1v) is 7.10. The molecule has 1 rings (SSSR count). The zero-order valence-electron chi connectivity index (χ0n) is 11.2. The molecular weight excluding hydrogens is 303 g/mol. The van der Waals surface area contributed by atoms with Gasteiger partial charge in [-0.25, -0.2) is 0 Å². The first kappa shape index (κ1) is 16.8. The Hall–Kier alpha value is -1.26. The maximum atomic E-state index is 11.3. The lowest BCUT2D eigenvalue weighted by atomic mass is 10.3. The van der Waals surface area contributed by atoms with Crippen LogP contribution < -0.4 is 4.74 Å². The van der Waals surface area contributed by atoms with Gasteiger partial charge in [0, 0.05) is 17.9 Å². The van der Waals surface area contributed by atoms with E-state index in [1.807, 2.05) is 6.92 Å². The Kier molecular flexibility index (Phi) is 7.41. The van der Waals surface area contributed by atoms with E-state index in [9.17, 15) is 9.59 Å². The molecule has 0 atom stereocenters. The van der Waals surface area contributed by atoms with E-state index in [0.717, 1.165) is 0 Å². The van der Waals surface area contributed by atoms with E-state index in [2.05, 4.69) is 4.74 Å². The average Bonchev–Trinajstić information content (AvgIpc) is 2.36. The highest BCUT2D eigenvalue weighted by molar-refractivity contribution is 6.35. The van der Waals surface area contributed by atoms with Gasteiger partial charge < -0.3 is 9.47 Å². The Morgan fingerprint density at radius 3 is 2.50 bits per heavy atom. The van der Waals surface area contributed by atoms with Crippen LogP contribution in [-0.4, -0.2) is 18.5 Å². The maximum absolute atomic E-state index is 11.3. The number of carbonyl (C=O) groups is 2. The lowest BCUT2D eigenvalue weighted by Gasteiger charge is -2.07. The molecule has 0 aliphatic heterocycles. The second kappa shape index (κ2) is 8.82. The summed E-state index contributed by atoms with van der Waals surface area (Å²) >= 11 is 11.7. The van der Waals surface area contributed by atoms with Crippen LogP contribution in [0.25, 0.3) is 0 Å². The van der Waals surface area contributed by atoms with Gasteiger partial charge in [-0.05, 0) is 31.0 Å². The molecule has 0 aliphatic carbocycles. The molecule has 0 amide bonds. The number of ether oxygens (including phenoxy) is 2. The Morgan fingerprint density at radius 2 is 1.85 bits per heavy atom.